The first-order valence-corrected chi connectivity index (χ1v) is 7.27. The third kappa shape index (κ3) is 2.71. The van der Waals surface area contributed by atoms with Crippen molar-refractivity contribution in [2.24, 2.45) is 0 Å². The molecule has 2 aromatic carbocycles. The van der Waals surface area contributed by atoms with Crippen LogP contribution in [0.4, 0.5) is 5.69 Å². The summed E-state index contributed by atoms with van der Waals surface area (Å²) in [7, 11) is -3.51. The molecule has 0 aliphatic carbocycles. The molecule has 0 amide bonds. The molecule has 2 aromatic rings. The Hall–Kier alpha value is -1.81. The third-order valence-corrected chi connectivity index (χ3v) is 4.15. The SMILES string of the molecule is CCc1ccccc1S(=O)(=O)Nc1ccccc1. The van der Waals surface area contributed by atoms with Crippen LogP contribution in [0.5, 0.6) is 0 Å². The predicted molar refractivity (Wildman–Crippen MR) is 73.1 cm³/mol. The Morgan fingerprint density at radius 3 is 2.22 bits per heavy atom. The van der Waals surface area contributed by atoms with Gasteiger partial charge in [0.1, 0.15) is 0 Å². The van der Waals surface area contributed by atoms with Crippen LogP contribution in [0.25, 0.3) is 0 Å². The van der Waals surface area contributed by atoms with Crippen LogP contribution in [0.15, 0.2) is 59.5 Å². The molecule has 1 N–H and O–H groups in total. The van der Waals surface area contributed by atoms with E-state index in [0.717, 1.165) is 5.56 Å². The Morgan fingerprint density at radius 1 is 0.944 bits per heavy atom. The van der Waals surface area contributed by atoms with E-state index in [9.17, 15) is 8.42 Å². The second-order valence-electron chi connectivity index (χ2n) is 3.93. The molecule has 0 aliphatic rings. The minimum atomic E-state index is -3.51. The van der Waals surface area contributed by atoms with Gasteiger partial charge in [0.15, 0.2) is 0 Å². The van der Waals surface area contributed by atoms with Gasteiger partial charge < -0.3 is 0 Å². The summed E-state index contributed by atoms with van der Waals surface area (Å²) in [5, 5.41) is 0. The molecule has 4 heteroatoms. The first-order chi connectivity index (χ1) is 8.63. The summed E-state index contributed by atoms with van der Waals surface area (Å²) >= 11 is 0. The van der Waals surface area contributed by atoms with Crippen molar-refractivity contribution in [1.29, 1.82) is 0 Å². The highest BCUT2D eigenvalue weighted by molar-refractivity contribution is 7.92. The molecule has 0 saturated carbocycles. The minimum Gasteiger partial charge on any atom is -0.280 e. The zero-order valence-electron chi connectivity index (χ0n) is 10.1. The van der Waals surface area contributed by atoms with E-state index in [2.05, 4.69) is 4.72 Å². The maximum atomic E-state index is 12.3. The fourth-order valence-corrected chi connectivity index (χ4v) is 3.15. The fourth-order valence-electron chi connectivity index (χ4n) is 1.77. The van der Waals surface area contributed by atoms with Crippen molar-refractivity contribution < 1.29 is 8.42 Å². The van der Waals surface area contributed by atoms with Gasteiger partial charge in [-0.2, -0.15) is 0 Å². The van der Waals surface area contributed by atoms with E-state index in [1.807, 2.05) is 25.1 Å². The smallest absolute Gasteiger partial charge is 0.262 e. The molecule has 2 rings (SSSR count). The van der Waals surface area contributed by atoms with Gasteiger partial charge in [0.25, 0.3) is 10.0 Å². The van der Waals surface area contributed by atoms with Gasteiger partial charge in [0.05, 0.1) is 4.90 Å². The molecular weight excluding hydrogens is 246 g/mol. The van der Waals surface area contributed by atoms with Crippen LogP contribution < -0.4 is 4.72 Å². The third-order valence-electron chi connectivity index (χ3n) is 2.67. The van der Waals surface area contributed by atoms with Crippen LogP contribution in [-0.2, 0) is 16.4 Å². The summed E-state index contributed by atoms with van der Waals surface area (Å²) in [6, 6.07) is 15.9. The van der Waals surface area contributed by atoms with E-state index >= 15 is 0 Å². The predicted octanol–water partition coefficient (Wildman–Crippen LogP) is 3.05. The van der Waals surface area contributed by atoms with Crippen molar-refractivity contribution in [3.63, 3.8) is 0 Å². The van der Waals surface area contributed by atoms with Crippen LogP contribution in [0.3, 0.4) is 0 Å². The van der Waals surface area contributed by atoms with Crippen LogP contribution in [-0.4, -0.2) is 8.42 Å². The van der Waals surface area contributed by atoms with Crippen molar-refractivity contribution in [2.45, 2.75) is 18.2 Å². The maximum absolute atomic E-state index is 12.3. The lowest BCUT2D eigenvalue weighted by molar-refractivity contribution is 0.600. The first-order valence-electron chi connectivity index (χ1n) is 5.79. The molecule has 0 unspecified atom stereocenters. The number of para-hydroxylation sites is 1. The molecule has 0 heterocycles. The summed E-state index contributed by atoms with van der Waals surface area (Å²) in [4.78, 5) is 0.344. The molecule has 3 nitrogen and oxygen atoms in total. The van der Waals surface area contributed by atoms with Crippen LogP contribution in [0.1, 0.15) is 12.5 Å². The van der Waals surface area contributed by atoms with Gasteiger partial charge in [-0.1, -0.05) is 43.3 Å². The summed E-state index contributed by atoms with van der Waals surface area (Å²) in [5.74, 6) is 0. The molecule has 18 heavy (non-hydrogen) atoms. The van der Waals surface area contributed by atoms with Gasteiger partial charge in [0, 0.05) is 5.69 Å². The van der Waals surface area contributed by atoms with Gasteiger partial charge in [-0.25, -0.2) is 8.42 Å². The molecular formula is C14H15NO2S. The van der Waals surface area contributed by atoms with E-state index < -0.39 is 10.0 Å². The van der Waals surface area contributed by atoms with Crippen LogP contribution in [0, 0.1) is 0 Å². The van der Waals surface area contributed by atoms with Gasteiger partial charge in [0.2, 0.25) is 0 Å². The van der Waals surface area contributed by atoms with Gasteiger partial charge >= 0.3 is 0 Å². The van der Waals surface area contributed by atoms with Gasteiger partial charge in [-0.05, 0) is 30.2 Å². The topological polar surface area (TPSA) is 46.2 Å². The molecule has 0 aliphatic heterocycles. The summed E-state index contributed by atoms with van der Waals surface area (Å²) in [6.07, 6.45) is 0.686. The number of anilines is 1. The van der Waals surface area contributed by atoms with Crippen LogP contribution in [0.2, 0.25) is 0 Å². The quantitative estimate of drug-likeness (QED) is 0.919. The average molecular weight is 261 g/mol. The molecule has 0 radical (unpaired) electrons. The summed E-state index contributed by atoms with van der Waals surface area (Å²) in [6.45, 7) is 1.94. The van der Waals surface area contributed by atoms with Gasteiger partial charge in [-0.3, -0.25) is 4.72 Å². The number of rotatable bonds is 4. The molecule has 0 saturated heterocycles. The van der Waals surface area contributed by atoms with Crippen molar-refractivity contribution in [3.8, 4) is 0 Å². The Morgan fingerprint density at radius 2 is 1.56 bits per heavy atom. The standard InChI is InChI=1S/C14H15NO2S/c1-2-12-8-6-7-11-14(12)18(16,17)15-13-9-4-3-5-10-13/h3-11,15H,2H2,1H3. The Kier molecular flexibility index (Phi) is 3.67. The van der Waals surface area contributed by atoms with E-state index in [1.165, 1.54) is 0 Å². The van der Waals surface area contributed by atoms with E-state index in [0.29, 0.717) is 17.0 Å². The van der Waals surface area contributed by atoms with Crippen LogP contribution >= 0.6 is 0 Å². The minimum absolute atomic E-state index is 0.344. The number of benzene rings is 2. The highest BCUT2D eigenvalue weighted by Crippen LogP contribution is 2.19. The lowest BCUT2D eigenvalue weighted by atomic mass is 10.2. The zero-order chi connectivity index (χ0) is 13.0. The number of hydrogen-bond donors (Lipinski definition) is 1. The van der Waals surface area contributed by atoms with Crippen molar-refractivity contribution >= 4 is 15.7 Å². The maximum Gasteiger partial charge on any atom is 0.262 e. The molecule has 0 spiro atoms. The molecule has 0 bridgehead atoms. The number of sulfonamides is 1. The normalized spacial score (nSPS) is 11.2. The number of nitrogens with one attached hydrogen (secondary N) is 1. The molecule has 0 atom stereocenters. The number of aryl methyl sites for hydroxylation is 1. The Labute approximate surface area is 108 Å². The Bertz CT molecular complexity index is 621. The molecule has 0 aromatic heterocycles. The first kappa shape index (κ1) is 12.6. The van der Waals surface area contributed by atoms with E-state index in [-0.39, 0.29) is 0 Å². The fraction of sp³-hybridized carbons (Fsp3) is 0.143. The van der Waals surface area contributed by atoms with E-state index in [1.54, 1.807) is 36.4 Å². The summed E-state index contributed by atoms with van der Waals surface area (Å²) in [5.41, 5.74) is 1.39. The molecule has 0 fully saturated rings. The largest absolute Gasteiger partial charge is 0.280 e. The highest BCUT2D eigenvalue weighted by atomic mass is 32.2. The second-order valence-corrected chi connectivity index (χ2v) is 5.58. The highest BCUT2D eigenvalue weighted by Gasteiger charge is 2.16. The zero-order valence-corrected chi connectivity index (χ0v) is 10.9. The second kappa shape index (κ2) is 5.23. The number of hydrogen-bond acceptors (Lipinski definition) is 2. The monoisotopic (exact) mass is 261 g/mol. The lowest BCUT2D eigenvalue weighted by Gasteiger charge is -2.11. The van der Waals surface area contributed by atoms with Crippen molar-refractivity contribution in [3.05, 3.63) is 60.2 Å². The lowest BCUT2D eigenvalue weighted by Crippen LogP contribution is -2.14. The van der Waals surface area contributed by atoms with Crippen molar-refractivity contribution in [1.82, 2.24) is 0 Å². The Balaban J connectivity index is 2.37. The van der Waals surface area contributed by atoms with Crippen molar-refractivity contribution in [2.75, 3.05) is 4.72 Å². The van der Waals surface area contributed by atoms with Gasteiger partial charge in [-0.15, -0.1) is 0 Å². The summed E-state index contributed by atoms with van der Waals surface area (Å²) < 4.78 is 27.1. The average Bonchev–Trinajstić information content (AvgIpc) is 2.39. The van der Waals surface area contributed by atoms with E-state index in [4.69, 9.17) is 0 Å². The molecule has 94 valence electrons.